The van der Waals surface area contributed by atoms with Gasteiger partial charge in [0.1, 0.15) is 22.7 Å². The molecule has 6 nitrogen and oxygen atoms in total. The molecule has 0 unspecified atom stereocenters. The van der Waals surface area contributed by atoms with E-state index >= 15 is 0 Å². The van der Waals surface area contributed by atoms with E-state index in [4.69, 9.17) is 22.6 Å². The van der Waals surface area contributed by atoms with Crippen LogP contribution in [0.5, 0.6) is 11.5 Å². The number of fused-ring (bicyclic) bond motifs is 11. The number of thiophene rings is 6. The van der Waals surface area contributed by atoms with Crippen LogP contribution in [-0.2, 0) is 11.2 Å². The molecule has 2 spiro atoms. The Hall–Kier alpha value is -4.50. The van der Waals surface area contributed by atoms with E-state index in [0.29, 0.717) is 0 Å². The highest BCUT2D eigenvalue weighted by molar-refractivity contribution is 7.35. The van der Waals surface area contributed by atoms with Gasteiger partial charge < -0.3 is 9.47 Å². The number of nitrogens with zero attached hydrogens (tertiary/aromatic N) is 4. The predicted octanol–water partition coefficient (Wildman–Crippen LogP) is 14.5. The summed E-state index contributed by atoms with van der Waals surface area (Å²) in [6, 6.07) is 16.6. The lowest BCUT2D eigenvalue weighted by Gasteiger charge is -2.41. The molecule has 54 heavy (non-hydrogen) atoms. The van der Waals surface area contributed by atoms with Gasteiger partial charge in [0, 0.05) is 52.5 Å². The molecule has 264 valence electrons. The summed E-state index contributed by atoms with van der Waals surface area (Å²) in [7, 11) is 0. The average Bonchev–Trinajstić information content (AvgIpc) is 4.04. The minimum absolute atomic E-state index is 0.0924. The molecule has 2 aliphatic heterocycles. The van der Waals surface area contributed by atoms with Gasteiger partial charge in [0.15, 0.2) is 0 Å². The summed E-state index contributed by atoms with van der Waals surface area (Å²) in [5.74, 6) is 1.96. The minimum Gasteiger partial charge on any atom is -0.481 e. The fourth-order valence-electron chi connectivity index (χ4n) is 8.59. The van der Waals surface area contributed by atoms with Gasteiger partial charge >= 0.3 is 0 Å². The van der Waals surface area contributed by atoms with Crippen LogP contribution in [0.2, 0.25) is 0 Å². The van der Waals surface area contributed by atoms with E-state index in [1.807, 2.05) is 46.9 Å². The fraction of sp³-hybridized carbons (Fsp3) is 0.286. The highest BCUT2D eigenvalue weighted by Crippen LogP contribution is 2.66. The van der Waals surface area contributed by atoms with Crippen LogP contribution in [0.3, 0.4) is 0 Å². The van der Waals surface area contributed by atoms with Crippen molar-refractivity contribution in [3.63, 3.8) is 0 Å². The van der Waals surface area contributed by atoms with Crippen molar-refractivity contribution < 1.29 is 9.47 Å². The fourth-order valence-corrected chi connectivity index (χ4v) is 16.3. The number of ether oxygens (including phenoxy) is 2. The summed E-state index contributed by atoms with van der Waals surface area (Å²) in [5, 5.41) is 18.6. The molecule has 2 saturated carbocycles. The maximum atomic E-state index is 9.30. The van der Waals surface area contributed by atoms with Crippen molar-refractivity contribution in [1.29, 1.82) is 10.5 Å². The topological polar surface area (TPSA) is 74.8 Å². The van der Waals surface area contributed by atoms with Crippen molar-refractivity contribution in [3.8, 4) is 62.7 Å². The first-order chi connectivity index (χ1) is 26.4. The van der Waals surface area contributed by atoms with Gasteiger partial charge in [-0.25, -0.2) is 20.2 Å². The zero-order valence-corrected chi connectivity index (χ0v) is 33.6. The number of allylic oxidation sites excluding steroid dienone is 2. The largest absolute Gasteiger partial charge is 0.481 e. The van der Waals surface area contributed by atoms with E-state index < -0.39 is 0 Å². The molecule has 0 radical (unpaired) electrons. The van der Waals surface area contributed by atoms with Crippen molar-refractivity contribution in [2.45, 2.75) is 75.4 Å². The Labute approximate surface area is 336 Å². The van der Waals surface area contributed by atoms with Crippen LogP contribution in [0.1, 0.15) is 85.1 Å². The molecule has 0 saturated heterocycles. The van der Waals surface area contributed by atoms with Crippen LogP contribution in [0.15, 0.2) is 47.8 Å². The van der Waals surface area contributed by atoms with Crippen molar-refractivity contribution >= 4 is 89.6 Å². The lowest BCUT2D eigenvalue weighted by molar-refractivity contribution is 0.0258. The standard InChI is InChI=1S/C42H28N4O2S6/c1-45-23(21-43)17-25-9-11-29(49-25)31-19-27-35(51-31)37-33(41(47-27)13-5-3-6-14-41)39-40(53-37)34-38(54-39)36-28(48-42(34)15-7-4-8-16-42)20-32(52-36)30-12-10-26(50-30)18-24(22-44)46-2/h9-12,17-20H,3-8,13-16H2/b23-17-,24-18+. The van der Waals surface area contributed by atoms with E-state index in [1.165, 1.54) is 52.9 Å². The van der Waals surface area contributed by atoms with Crippen LogP contribution in [0.25, 0.3) is 70.3 Å². The van der Waals surface area contributed by atoms with Crippen LogP contribution in [-0.4, -0.2) is 0 Å². The summed E-state index contributed by atoms with van der Waals surface area (Å²) < 4.78 is 17.3. The monoisotopic (exact) mass is 812 g/mol. The molecule has 0 amide bonds. The summed E-state index contributed by atoms with van der Waals surface area (Å²) in [5.41, 5.74) is 2.25. The first-order valence-electron chi connectivity index (χ1n) is 17.9. The Kier molecular flexibility index (Phi) is 8.24. The SMILES string of the molecule is [C-]#[N+]/C(C#N)=C\c1ccc(-c2cc3c(s2)-c2sc4c5c(sc4c2C2(CCCCC2)O3)-c2sc(-c3ccc(/C=C(\C#N)[N+]#[C-])s3)cc2OC52CCCCC2)s1. The summed E-state index contributed by atoms with van der Waals surface area (Å²) >= 11 is 10.7. The van der Waals surface area contributed by atoms with E-state index in [2.05, 4.69) is 34.0 Å². The molecule has 2 fully saturated rings. The molecule has 8 heterocycles. The minimum atomic E-state index is -0.357. The van der Waals surface area contributed by atoms with Crippen LogP contribution >= 0.6 is 68.0 Å². The molecule has 0 aromatic carbocycles. The first-order valence-corrected chi connectivity index (χ1v) is 22.8. The van der Waals surface area contributed by atoms with E-state index in [-0.39, 0.29) is 22.6 Å². The Morgan fingerprint density at radius 1 is 0.574 bits per heavy atom. The zero-order chi connectivity index (χ0) is 36.6. The van der Waals surface area contributed by atoms with Gasteiger partial charge in [0.05, 0.1) is 54.2 Å². The number of hydrogen-bond acceptors (Lipinski definition) is 10. The average molecular weight is 813 g/mol. The first kappa shape index (κ1) is 34.0. The van der Waals surface area contributed by atoms with Crippen LogP contribution < -0.4 is 9.47 Å². The number of rotatable bonds is 4. The molecule has 12 heteroatoms. The van der Waals surface area contributed by atoms with Gasteiger partial charge in [-0.15, -0.1) is 68.0 Å². The second-order valence-corrected chi connectivity index (χ2v) is 20.5. The number of nitriles is 2. The third-order valence-corrected chi connectivity index (χ3v) is 18.5. The zero-order valence-electron chi connectivity index (χ0n) is 28.7. The second-order valence-electron chi connectivity index (χ2n) is 14.1. The Balaban J connectivity index is 1.13. The van der Waals surface area contributed by atoms with E-state index in [9.17, 15) is 10.5 Å². The summed E-state index contributed by atoms with van der Waals surface area (Å²) in [4.78, 5) is 18.1. The molecule has 4 aliphatic rings. The maximum Gasteiger partial charge on any atom is 0.263 e. The van der Waals surface area contributed by atoms with Gasteiger partial charge in [-0.2, -0.15) is 0 Å². The van der Waals surface area contributed by atoms with Gasteiger partial charge in [0.2, 0.25) is 0 Å². The Morgan fingerprint density at radius 2 is 1.00 bits per heavy atom. The van der Waals surface area contributed by atoms with Crippen molar-refractivity contribution in [1.82, 2.24) is 0 Å². The number of hydrogen-bond donors (Lipinski definition) is 0. The van der Waals surface area contributed by atoms with Crippen LogP contribution in [0, 0.1) is 35.8 Å². The molecular formula is C42H28N4O2S6. The molecule has 0 N–H and O–H groups in total. The summed E-state index contributed by atoms with van der Waals surface area (Å²) in [6.07, 6.45) is 14.4. The van der Waals surface area contributed by atoms with Gasteiger partial charge in [0.25, 0.3) is 11.4 Å². The predicted molar refractivity (Wildman–Crippen MR) is 224 cm³/mol. The molecule has 6 aromatic heterocycles. The normalized spacial score (nSPS) is 18.0. The van der Waals surface area contributed by atoms with E-state index in [0.717, 1.165) is 92.1 Å². The molecule has 10 rings (SSSR count). The van der Waals surface area contributed by atoms with Crippen LogP contribution in [0.4, 0.5) is 0 Å². The highest BCUT2D eigenvalue weighted by atomic mass is 32.1. The third kappa shape index (κ3) is 5.28. The Bertz CT molecular complexity index is 2540. The highest BCUT2D eigenvalue weighted by Gasteiger charge is 2.50. The lowest BCUT2D eigenvalue weighted by Crippen LogP contribution is -2.37. The van der Waals surface area contributed by atoms with Crippen molar-refractivity contribution in [2.24, 2.45) is 0 Å². The van der Waals surface area contributed by atoms with Crippen molar-refractivity contribution in [2.75, 3.05) is 0 Å². The Morgan fingerprint density at radius 3 is 1.39 bits per heavy atom. The van der Waals surface area contributed by atoms with Gasteiger partial charge in [-0.3, -0.25) is 0 Å². The third-order valence-electron chi connectivity index (χ3n) is 10.9. The van der Waals surface area contributed by atoms with Crippen molar-refractivity contribution in [3.05, 3.63) is 91.5 Å². The second kappa shape index (κ2) is 13.1. The van der Waals surface area contributed by atoms with Gasteiger partial charge in [-0.1, -0.05) is 12.8 Å². The molecule has 2 aliphatic carbocycles. The smallest absolute Gasteiger partial charge is 0.263 e. The molecule has 0 bridgehead atoms. The summed E-state index contributed by atoms with van der Waals surface area (Å²) in [6.45, 7) is 14.6. The van der Waals surface area contributed by atoms with Gasteiger partial charge in [-0.05, 0) is 87.8 Å². The lowest BCUT2D eigenvalue weighted by atomic mass is 9.76. The molecule has 0 atom stereocenters. The molecular weight excluding hydrogens is 785 g/mol. The maximum absolute atomic E-state index is 9.30. The van der Waals surface area contributed by atoms with E-state index in [1.54, 1.807) is 57.5 Å². The quantitative estimate of drug-likeness (QED) is 0.131. The molecule has 6 aromatic rings.